The number of methoxy groups -OCH3 is 1. The molecule has 0 saturated heterocycles. The molecule has 36 heavy (non-hydrogen) atoms. The molecule has 4 aromatic rings. The number of aryl methyl sites for hydroxylation is 1. The smallest absolute Gasteiger partial charge is 0.258 e. The summed E-state index contributed by atoms with van der Waals surface area (Å²) < 4.78 is 19.0. The van der Waals surface area contributed by atoms with Crippen LogP contribution in [0.4, 0.5) is 0 Å². The number of unbranched alkanes of at least 4 members (excludes halogenated alkanes) is 1. The van der Waals surface area contributed by atoms with Gasteiger partial charge in [-0.15, -0.1) is 0 Å². The molecule has 1 unspecified atom stereocenters. The van der Waals surface area contributed by atoms with Crippen molar-refractivity contribution in [1.29, 1.82) is 0 Å². The highest BCUT2D eigenvalue weighted by atomic mass is 35.5. The summed E-state index contributed by atoms with van der Waals surface area (Å²) in [5.74, 6) is 2.64. The average molecular weight is 508 g/mol. The molecule has 0 radical (unpaired) electrons. The third kappa shape index (κ3) is 6.49. The first-order chi connectivity index (χ1) is 17.5. The molecule has 8 heteroatoms. The van der Waals surface area contributed by atoms with E-state index >= 15 is 0 Å². The topological polar surface area (TPSA) is 74.6 Å². The minimum absolute atomic E-state index is 0.0908. The number of nitrogens with zero attached hydrogens (tertiary/aromatic N) is 2. The van der Waals surface area contributed by atoms with Gasteiger partial charge in [0.1, 0.15) is 11.6 Å². The number of hydrogen-bond acceptors (Lipinski definition) is 5. The summed E-state index contributed by atoms with van der Waals surface area (Å²) in [4.78, 5) is 17.4. The zero-order valence-corrected chi connectivity index (χ0v) is 21.2. The van der Waals surface area contributed by atoms with E-state index < -0.39 is 0 Å². The zero-order chi connectivity index (χ0) is 25.3. The lowest BCUT2D eigenvalue weighted by atomic mass is 10.2. The minimum Gasteiger partial charge on any atom is -0.493 e. The molecule has 1 N–H and O–H groups in total. The first kappa shape index (κ1) is 25.4. The molecular weight excluding hydrogens is 478 g/mol. The van der Waals surface area contributed by atoms with Crippen LogP contribution in [0.2, 0.25) is 5.02 Å². The molecule has 0 saturated carbocycles. The largest absolute Gasteiger partial charge is 0.493 e. The van der Waals surface area contributed by atoms with Gasteiger partial charge >= 0.3 is 0 Å². The molecule has 4 rings (SSSR count). The molecule has 0 bridgehead atoms. The zero-order valence-electron chi connectivity index (χ0n) is 20.4. The van der Waals surface area contributed by atoms with Gasteiger partial charge < -0.3 is 24.1 Å². The van der Waals surface area contributed by atoms with Crippen LogP contribution >= 0.6 is 11.6 Å². The first-order valence-electron chi connectivity index (χ1n) is 11.9. The molecule has 1 heterocycles. The van der Waals surface area contributed by atoms with E-state index in [0.717, 1.165) is 47.7 Å². The molecule has 0 aliphatic heterocycles. The normalized spacial score (nSPS) is 11.8. The fraction of sp³-hybridized carbons (Fsp3) is 0.286. The number of benzene rings is 3. The van der Waals surface area contributed by atoms with Gasteiger partial charge in [-0.1, -0.05) is 35.9 Å². The van der Waals surface area contributed by atoms with Gasteiger partial charge in [-0.3, -0.25) is 4.79 Å². The maximum Gasteiger partial charge on any atom is 0.258 e. The van der Waals surface area contributed by atoms with Gasteiger partial charge in [0, 0.05) is 11.6 Å². The molecule has 0 spiro atoms. The summed E-state index contributed by atoms with van der Waals surface area (Å²) >= 11 is 5.90. The highest BCUT2D eigenvalue weighted by Gasteiger charge is 2.18. The third-order valence-corrected chi connectivity index (χ3v) is 5.99. The monoisotopic (exact) mass is 507 g/mol. The number of carbonyl (C=O) groups excluding carboxylic acids is 1. The van der Waals surface area contributed by atoms with Gasteiger partial charge in [-0.25, -0.2) is 4.98 Å². The summed E-state index contributed by atoms with van der Waals surface area (Å²) in [6.45, 7) is 3.18. The maximum absolute atomic E-state index is 12.6. The number of rotatable bonds is 12. The van der Waals surface area contributed by atoms with Crippen LogP contribution in [0, 0.1) is 0 Å². The molecule has 1 atom stereocenters. The van der Waals surface area contributed by atoms with Crippen LogP contribution < -0.4 is 19.5 Å². The lowest BCUT2D eigenvalue weighted by Gasteiger charge is -2.17. The van der Waals surface area contributed by atoms with Gasteiger partial charge in [-0.05, 0) is 68.3 Å². The summed E-state index contributed by atoms with van der Waals surface area (Å²) in [6, 6.07) is 22.3. The Balaban J connectivity index is 1.35. The van der Waals surface area contributed by atoms with Gasteiger partial charge in [0.25, 0.3) is 5.91 Å². The summed E-state index contributed by atoms with van der Waals surface area (Å²) in [5, 5.41) is 3.62. The van der Waals surface area contributed by atoms with Crippen molar-refractivity contribution in [2.24, 2.45) is 0 Å². The number of aromatic nitrogens is 2. The van der Waals surface area contributed by atoms with Crippen molar-refractivity contribution in [2.75, 3.05) is 20.3 Å². The van der Waals surface area contributed by atoms with Crippen molar-refractivity contribution in [1.82, 2.24) is 14.9 Å². The number of carbonyl (C=O) groups is 1. The number of ether oxygens (including phenoxy) is 3. The molecule has 3 aromatic carbocycles. The van der Waals surface area contributed by atoms with Gasteiger partial charge in [0.05, 0.1) is 30.8 Å². The van der Waals surface area contributed by atoms with E-state index in [4.69, 9.17) is 30.8 Å². The summed E-state index contributed by atoms with van der Waals surface area (Å²) in [5.41, 5.74) is 1.94. The highest BCUT2D eigenvalue weighted by Crippen LogP contribution is 2.26. The van der Waals surface area contributed by atoms with Crippen LogP contribution in [0.15, 0.2) is 72.8 Å². The fourth-order valence-corrected chi connectivity index (χ4v) is 4.11. The molecule has 188 valence electrons. The van der Waals surface area contributed by atoms with Crippen molar-refractivity contribution in [2.45, 2.75) is 32.4 Å². The van der Waals surface area contributed by atoms with Crippen molar-refractivity contribution < 1.29 is 19.0 Å². The molecule has 7 nitrogen and oxygen atoms in total. The number of amides is 1. The molecule has 1 amide bonds. The molecule has 0 fully saturated rings. The Bertz CT molecular complexity index is 1290. The van der Waals surface area contributed by atoms with E-state index in [1.54, 1.807) is 31.4 Å². The molecule has 0 aliphatic carbocycles. The van der Waals surface area contributed by atoms with Gasteiger partial charge in [0.2, 0.25) is 0 Å². The Morgan fingerprint density at radius 3 is 2.47 bits per heavy atom. The highest BCUT2D eigenvalue weighted by molar-refractivity contribution is 6.30. The predicted molar refractivity (Wildman–Crippen MR) is 141 cm³/mol. The van der Waals surface area contributed by atoms with E-state index in [2.05, 4.69) is 16.0 Å². The number of halogens is 1. The second-order valence-corrected chi connectivity index (χ2v) is 8.79. The number of hydrogen-bond donors (Lipinski definition) is 1. The van der Waals surface area contributed by atoms with Crippen LogP contribution in [-0.4, -0.2) is 35.8 Å². The van der Waals surface area contributed by atoms with E-state index in [1.807, 2.05) is 49.4 Å². The van der Waals surface area contributed by atoms with E-state index in [9.17, 15) is 4.79 Å². The Morgan fingerprint density at radius 1 is 0.972 bits per heavy atom. The van der Waals surface area contributed by atoms with Crippen LogP contribution in [0.5, 0.6) is 17.2 Å². The van der Waals surface area contributed by atoms with Crippen molar-refractivity contribution in [3.8, 4) is 17.2 Å². The van der Waals surface area contributed by atoms with Crippen molar-refractivity contribution in [3.05, 3.63) is 83.6 Å². The van der Waals surface area contributed by atoms with E-state index in [0.29, 0.717) is 17.4 Å². The van der Waals surface area contributed by atoms with Crippen LogP contribution in [0.1, 0.15) is 31.6 Å². The third-order valence-electron chi connectivity index (χ3n) is 5.74. The lowest BCUT2D eigenvalue weighted by Crippen LogP contribution is -2.32. The van der Waals surface area contributed by atoms with Crippen LogP contribution in [0.25, 0.3) is 11.0 Å². The van der Waals surface area contributed by atoms with E-state index in [1.165, 1.54) is 0 Å². The van der Waals surface area contributed by atoms with Crippen LogP contribution in [-0.2, 0) is 11.3 Å². The number of imidazole rings is 1. The van der Waals surface area contributed by atoms with E-state index in [-0.39, 0.29) is 18.6 Å². The quantitative estimate of drug-likeness (QED) is 0.245. The summed E-state index contributed by atoms with van der Waals surface area (Å²) in [6.07, 6.45) is 1.75. The molecular formula is C28H30ClN3O4. The SMILES string of the molecule is COc1ccccc1OCCCCn1c(C(C)NC(=O)COc2ccc(Cl)cc2)nc2ccccc21. The Kier molecular flexibility index (Phi) is 8.68. The fourth-order valence-electron chi connectivity index (χ4n) is 3.98. The summed E-state index contributed by atoms with van der Waals surface area (Å²) in [7, 11) is 1.64. The molecule has 1 aromatic heterocycles. The second-order valence-electron chi connectivity index (χ2n) is 8.35. The standard InChI is InChI=1S/C28H30ClN3O4/c1-20(30-27(33)19-36-22-15-13-21(29)14-16-22)28-31-23-9-3-4-10-24(23)32(28)17-7-8-18-35-26-12-6-5-11-25(26)34-2/h3-6,9-16,20H,7-8,17-19H2,1-2H3,(H,30,33). The predicted octanol–water partition coefficient (Wildman–Crippen LogP) is 5.81. The minimum atomic E-state index is -0.288. The van der Waals surface area contributed by atoms with Crippen LogP contribution in [0.3, 0.4) is 0 Å². The first-order valence-corrected chi connectivity index (χ1v) is 12.3. The number of nitrogens with one attached hydrogen (secondary N) is 1. The van der Waals surface area contributed by atoms with Crippen molar-refractivity contribution in [3.63, 3.8) is 0 Å². The second kappa shape index (κ2) is 12.3. The maximum atomic E-state index is 12.6. The van der Waals surface area contributed by atoms with Gasteiger partial charge in [-0.2, -0.15) is 0 Å². The average Bonchev–Trinajstić information content (AvgIpc) is 3.27. The molecule has 0 aliphatic rings. The van der Waals surface area contributed by atoms with Crippen molar-refractivity contribution >= 4 is 28.5 Å². The Morgan fingerprint density at radius 2 is 1.69 bits per heavy atom. The number of para-hydroxylation sites is 4. The number of fused-ring (bicyclic) bond motifs is 1. The Hall–Kier alpha value is -3.71. The lowest BCUT2D eigenvalue weighted by molar-refractivity contribution is -0.123. The van der Waals surface area contributed by atoms with Gasteiger partial charge in [0.15, 0.2) is 18.1 Å². The Labute approximate surface area is 216 Å².